The first-order chi connectivity index (χ1) is 8.20. The molecule has 0 amide bonds. The third-order valence-electron chi connectivity index (χ3n) is 2.29. The topological polar surface area (TPSA) is 38.3 Å². The van der Waals surface area contributed by atoms with Gasteiger partial charge >= 0.3 is 5.97 Å². The average Bonchev–Trinajstić information content (AvgIpc) is 2.34. The standard InChI is InChI=1S/C14H19NO2/c1-12(2)14(16)17-11-10-15-9-8-13-6-4-3-5-7-13/h3-7,15H,1,8-11H2,2H3. The van der Waals surface area contributed by atoms with Crippen LogP contribution in [0.25, 0.3) is 0 Å². The highest BCUT2D eigenvalue weighted by molar-refractivity contribution is 5.86. The van der Waals surface area contributed by atoms with Gasteiger partial charge in [0.15, 0.2) is 0 Å². The van der Waals surface area contributed by atoms with Crippen LogP contribution in [-0.2, 0) is 16.0 Å². The number of benzene rings is 1. The highest BCUT2D eigenvalue weighted by Gasteiger charge is 2.01. The molecule has 1 N–H and O–H groups in total. The van der Waals surface area contributed by atoms with E-state index in [4.69, 9.17) is 4.74 Å². The zero-order chi connectivity index (χ0) is 12.5. The molecular formula is C14H19NO2. The molecule has 0 aliphatic rings. The van der Waals surface area contributed by atoms with Crippen molar-refractivity contribution in [1.82, 2.24) is 5.32 Å². The maximum Gasteiger partial charge on any atom is 0.333 e. The average molecular weight is 233 g/mol. The maximum absolute atomic E-state index is 11.0. The number of nitrogens with one attached hydrogen (secondary N) is 1. The summed E-state index contributed by atoms with van der Waals surface area (Å²) in [6.45, 7) is 7.10. The van der Waals surface area contributed by atoms with E-state index in [1.54, 1.807) is 6.92 Å². The molecule has 0 fully saturated rings. The second-order valence-corrected chi connectivity index (χ2v) is 3.90. The normalized spacial score (nSPS) is 9.94. The molecule has 3 heteroatoms. The van der Waals surface area contributed by atoms with Gasteiger partial charge in [-0.1, -0.05) is 36.9 Å². The Morgan fingerprint density at radius 2 is 2.00 bits per heavy atom. The lowest BCUT2D eigenvalue weighted by Crippen LogP contribution is -2.23. The third kappa shape index (κ3) is 5.88. The lowest BCUT2D eigenvalue weighted by molar-refractivity contribution is -0.138. The molecule has 3 nitrogen and oxygen atoms in total. The van der Waals surface area contributed by atoms with Crippen LogP contribution in [0.1, 0.15) is 12.5 Å². The maximum atomic E-state index is 11.0. The van der Waals surface area contributed by atoms with E-state index in [1.165, 1.54) is 5.56 Å². The molecule has 0 unspecified atom stereocenters. The summed E-state index contributed by atoms with van der Waals surface area (Å²) >= 11 is 0. The van der Waals surface area contributed by atoms with Crippen molar-refractivity contribution >= 4 is 5.97 Å². The summed E-state index contributed by atoms with van der Waals surface area (Å²) in [6.07, 6.45) is 0.981. The van der Waals surface area contributed by atoms with Crippen LogP contribution in [-0.4, -0.2) is 25.7 Å². The summed E-state index contributed by atoms with van der Waals surface area (Å²) in [5.74, 6) is -0.324. The van der Waals surface area contributed by atoms with Crippen LogP contribution in [0.4, 0.5) is 0 Å². The number of hydrogen-bond acceptors (Lipinski definition) is 3. The predicted molar refractivity (Wildman–Crippen MR) is 68.8 cm³/mol. The molecule has 17 heavy (non-hydrogen) atoms. The van der Waals surface area contributed by atoms with Crippen molar-refractivity contribution in [2.75, 3.05) is 19.7 Å². The molecule has 0 heterocycles. The Bertz CT molecular complexity index is 360. The van der Waals surface area contributed by atoms with Gasteiger partial charge in [0.2, 0.25) is 0 Å². The molecule has 0 spiro atoms. The molecule has 0 bridgehead atoms. The van der Waals surface area contributed by atoms with Gasteiger partial charge < -0.3 is 10.1 Å². The minimum atomic E-state index is -0.324. The van der Waals surface area contributed by atoms with Crippen molar-refractivity contribution in [1.29, 1.82) is 0 Å². The monoisotopic (exact) mass is 233 g/mol. The molecule has 0 aliphatic heterocycles. The van der Waals surface area contributed by atoms with E-state index in [2.05, 4.69) is 24.0 Å². The molecule has 0 saturated carbocycles. The SMILES string of the molecule is C=C(C)C(=O)OCCNCCc1ccccc1. The van der Waals surface area contributed by atoms with Gasteiger partial charge in [-0.15, -0.1) is 0 Å². The minimum absolute atomic E-state index is 0.324. The highest BCUT2D eigenvalue weighted by Crippen LogP contribution is 1.97. The fourth-order valence-corrected chi connectivity index (χ4v) is 1.34. The minimum Gasteiger partial charge on any atom is -0.461 e. The first kappa shape index (κ1) is 13.5. The van der Waals surface area contributed by atoms with Crippen LogP contribution in [0, 0.1) is 0 Å². The quantitative estimate of drug-likeness (QED) is 0.444. The molecule has 0 aromatic heterocycles. The summed E-state index contributed by atoms with van der Waals surface area (Å²) in [4.78, 5) is 11.0. The second-order valence-electron chi connectivity index (χ2n) is 3.90. The van der Waals surface area contributed by atoms with Crippen molar-refractivity contribution in [2.45, 2.75) is 13.3 Å². The third-order valence-corrected chi connectivity index (χ3v) is 2.29. The highest BCUT2D eigenvalue weighted by atomic mass is 16.5. The van der Waals surface area contributed by atoms with Crippen molar-refractivity contribution in [3.05, 3.63) is 48.0 Å². The van der Waals surface area contributed by atoms with Crippen molar-refractivity contribution in [2.24, 2.45) is 0 Å². The number of carbonyl (C=O) groups is 1. The van der Waals surface area contributed by atoms with Gasteiger partial charge in [-0.25, -0.2) is 4.79 Å². The van der Waals surface area contributed by atoms with Gasteiger partial charge in [-0.05, 0) is 25.5 Å². The Hall–Kier alpha value is -1.61. The smallest absolute Gasteiger partial charge is 0.333 e. The number of esters is 1. The molecule has 92 valence electrons. The van der Waals surface area contributed by atoms with E-state index in [9.17, 15) is 4.79 Å². The fourth-order valence-electron chi connectivity index (χ4n) is 1.34. The number of ether oxygens (including phenoxy) is 1. The molecular weight excluding hydrogens is 214 g/mol. The van der Waals surface area contributed by atoms with E-state index in [0.29, 0.717) is 18.7 Å². The number of hydrogen-bond donors (Lipinski definition) is 1. The fraction of sp³-hybridized carbons (Fsp3) is 0.357. The Morgan fingerprint density at radius 1 is 1.29 bits per heavy atom. The first-order valence-corrected chi connectivity index (χ1v) is 5.77. The van der Waals surface area contributed by atoms with E-state index in [-0.39, 0.29) is 5.97 Å². The summed E-state index contributed by atoms with van der Waals surface area (Å²) < 4.78 is 4.95. The lowest BCUT2D eigenvalue weighted by atomic mass is 10.1. The van der Waals surface area contributed by atoms with Crippen LogP contribution in [0.3, 0.4) is 0 Å². The van der Waals surface area contributed by atoms with Crippen LogP contribution in [0.2, 0.25) is 0 Å². The van der Waals surface area contributed by atoms with Gasteiger partial charge in [0.05, 0.1) is 0 Å². The summed E-state index contributed by atoms with van der Waals surface area (Å²) in [5, 5.41) is 3.22. The largest absolute Gasteiger partial charge is 0.461 e. The van der Waals surface area contributed by atoms with Gasteiger partial charge in [0.25, 0.3) is 0 Å². The zero-order valence-electron chi connectivity index (χ0n) is 10.2. The van der Waals surface area contributed by atoms with Crippen LogP contribution < -0.4 is 5.32 Å². The molecule has 1 rings (SSSR count). The van der Waals surface area contributed by atoms with Gasteiger partial charge in [-0.3, -0.25) is 0 Å². The van der Waals surface area contributed by atoms with E-state index < -0.39 is 0 Å². The summed E-state index contributed by atoms with van der Waals surface area (Å²) in [5.41, 5.74) is 1.74. The lowest BCUT2D eigenvalue weighted by Gasteiger charge is -2.06. The van der Waals surface area contributed by atoms with E-state index in [1.807, 2.05) is 18.2 Å². The molecule has 0 aliphatic carbocycles. The van der Waals surface area contributed by atoms with Crippen molar-refractivity contribution in [3.8, 4) is 0 Å². The van der Waals surface area contributed by atoms with Crippen LogP contribution in [0.5, 0.6) is 0 Å². The Kier molecular flexibility index (Phi) is 6.04. The molecule has 1 aromatic carbocycles. The van der Waals surface area contributed by atoms with Crippen LogP contribution >= 0.6 is 0 Å². The van der Waals surface area contributed by atoms with Crippen molar-refractivity contribution in [3.63, 3.8) is 0 Å². The first-order valence-electron chi connectivity index (χ1n) is 5.77. The Morgan fingerprint density at radius 3 is 2.65 bits per heavy atom. The van der Waals surface area contributed by atoms with E-state index in [0.717, 1.165) is 13.0 Å². The summed E-state index contributed by atoms with van der Waals surface area (Å²) in [7, 11) is 0. The molecule has 0 radical (unpaired) electrons. The molecule has 0 saturated heterocycles. The molecule has 0 atom stereocenters. The second kappa shape index (κ2) is 7.63. The summed E-state index contributed by atoms with van der Waals surface area (Å²) in [6, 6.07) is 10.3. The Labute approximate surface area is 102 Å². The predicted octanol–water partition coefficient (Wildman–Crippen LogP) is 1.94. The number of carbonyl (C=O) groups excluding carboxylic acids is 1. The molecule has 1 aromatic rings. The van der Waals surface area contributed by atoms with E-state index >= 15 is 0 Å². The van der Waals surface area contributed by atoms with Crippen LogP contribution in [0.15, 0.2) is 42.5 Å². The van der Waals surface area contributed by atoms with Gasteiger partial charge in [0.1, 0.15) is 6.61 Å². The zero-order valence-corrected chi connectivity index (χ0v) is 10.2. The van der Waals surface area contributed by atoms with Gasteiger partial charge in [-0.2, -0.15) is 0 Å². The Balaban J connectivity index is 2.02. The van der Waals surface area contributed by atoms with Crippen molar-refractivity contribution < 1.29 is 9.53 Å². The van der Waals surface area contributed by atoms with Gasteiger partial charge in [0, 0.05) is 12.1 Å². The number of rotatable bonds is 7.